The quantitative estimate of drug-likeness (QED) is 0.761. The fourth-order valence-electron chi connectivity index (χ4n) is 1.70. The summed E-state index contributed by atoms with van der Waals surface area (Å²) in [6.45, 7) is 1.93. The van der Waals surface area contributed by atoms with Crippen LogP contribution < -0.4 is 4.74 Å². The Morgan fingerprint density at radius 1 is 0.889 bits per heavy atom. The molecule has 0 bridgehead atoms. The molecule has 0 radical (unpaired) electrons. The number of hydrogen-bond acceptors (Lipinski definition) is 1. The molecule has 0 amide bonds. The van der Waals surface area contributed by atoms with E-state index in [1.54, 1.807) is 12.1 Å². The molecule has 2 rings (SSSR count). The molecule has 0 aliphatic heterocycles. The summed E-state index contributed by atoms with van der Waals surface area (Å²) in [6.07, 6.45) is -4.66. The van der Waals surface area contributed by atoms with Gasteiger partial charge >= 0.3 is 6.36 Å². The number of ether oxygens (including phenoxy) is 1. The predicted molar refractivity (Wildman–Crippen MR) is 63.3 cm³/mol. The topological polar surface area (TPSA) is 9.23 Å². The molecule has 18 heavy (non-hydrogen) atoms. The third-order valence-electron chi connectivity index (χ3n) is 2.42. The van der Waals surface area contributed by atoms with Gasteiger partial charge < -0.3 is 4.74 Å². The summed E-state index contributed by atoms with van der Waals surface area (Å²) < 4.78 is 40.2. The largest absolute Gasteiger partial charge is 0.573 e. The molecule has 0 atom stereocenters. The summed E-state index contributed by atoms with van der Waals surface area (Å²) in [7, 11) is 0. The van der Waals surface area contributed by atoms with Crippen LogP contribution in [0, 0.1) is 6.92 Å². The van der Waals surface area contributed by atoms with E-state index in [1.165, 1.54) is 12.1 Å². The lowest BCUT2D eigenvalue weighted by Crippen LogP contribution is -2.17. The Labute approximate surface area is 103 Å². The molecule has 0 spiro atoms. The van der Waals surface area contributed by atoms with E-state index in [0.29, 0.717) is 5.56 Å². The highest BCUT2D eigenvalue weighted by atomic mass is 19.4. The molecule has 1 nitrogen and oxygen atoms in total. The fraction of sp³-hybridized carbons (Fsp3) is 0.143. The Kier molecular flexibility index (Phi) is 3.28. The van der Waals surface area contributed by atoms with Crippen molar-refractivity contribution in [3.8, 4) is 16.9 Å². The molecule has 4 heteroatoms. The van der Waals surface area contributed by atoms with Gasteiger partial charge in [-0.1, -0.05) is 42.0 Å². The molecule has 0 aliphatic carbocycles. The van der Waals surface area contributed by atoms with Crippen molar-refractivity contribution in [3.63, 3.8) is 0 Å². The van der Waals surface area contributed by atoms with Gasteiger partial charge in [0.1, 0.15) is 5.75 Å². The van der Waals surface area contributed by atoms with Crippen molar-refractivity contribution in [2.24, 2.45) is 0 Å². The number of rotatable bonds is 2. The first-order valence-corrected chi connectivity index (χ1v) is 5.37. The SMILES string of the molecule is Cc1cccc(-c2cccc(OC(F)(F)F)c2)c1. The van der Waals surface area contributed by atoms with Gasteiger partial charge in [0.2, 0.25) is 0 Å². The van der Waals surface area contributed by atoms with E-state index in [-0.39, 0.29) is 5.75 Å². The third-order valence-corrected chi connectivity index (χ3v) is 2.42. The van der Waals surface area contributed by atoms with Crippen LogP contribution in [0.4, 0.5) is 13.2 Å². The first kappa shape index (κ1) is 12.5. The van der Waals surface area contributed by atoms with Gasteiger partial charge in [-0.3, -0.25) is 0 Å². The van der Waals surface area contributed by atoms with E-state index in [4.69, 9.17) is 0 Å². The van der Waals surface area contributed by atoms with Crippen molar-refractivity contribution in [3.05, 3.63) is 54.1 Å². The molecule has 0 saturated heterocycles. The average molecular weight is 252 g/mol. The number of alkyl halides is 3. The molecule has 2 aromatic rings. The van der Waals surface area contributed by atoms with E-state index < -0.39 is 6.36 Å². The number of benzene rings is 2. The van der Waals surface area contributed by atoms with Crippen LogP contribution in [0.3, 0.4) is 0 Å². The van der Waals surface area contributed by atoms with Crippen molar-refractivity contribution < 1.29 is 17.9 Å². The molecule has 0 unspecified atom stereocenters. The van der Waals surface area contributed by atoms with Crippen LogP contribution in [0.1, 0.15) is 5.56 Å². The van der Waals surface area contributed by atoms with Crippen LogP contribution in [0.15, 0.2) is 48.5 Å². The summed E-state index contributed by atoms with van der Waals surface area (Å²) in [4.78, 5) is 0. The zero-order valence-electron chi connectivity index (χ0n) is 9.66. The lowest BCUT2D eigenvalue weighted by atomic mass is 10.0. The molecular weight excluding hydrogens is 241 g/mol. The second-order valence-corrected chi connectivity index (χ2v) is 3.95. The van der Waals surface area contributed by atoms with Crippen LogP contribution in [0.25, 0.3) is 11.1 Å². The van der Waals surface area contributed by atoms with Crippen molar-refractivity contribution >= 4 is 0 Å². The highest BCUT2D eigenvalue weighted by molar-refractivity contribution is 5.65. The third kappa shape index (κ3) is 3.26. The average Bonchev–Trinajstić information content (AvgIpc) is 2.27. The lowest BCUT2D eigenvalue weighted by Gasteiger charge is -2.10. The maximum Gasteiger partial charge on any atom is 0.573 e. The molecular formula is C14H11F3O. The highest BCUT2D eigenvalue weighted by Crippen LogP contribution is 2.28. The molecule has 94 valence electrons. The van der Waals surface area contributed by atoms with Crippen LogP contribution in [0.2, 0.25) is 0 Å². The summed E-state index contributed by atoms with van der Waals surface area (Å²) in [5.74, 6) is -0.207. The van der Waals surface area contributed by atoms with E-state index in [9.17, 15) is 13.2 Å². The van der Waals surface area contributed by atoms with Gasteiger partial charge in [-0.15, -0.1) is 13.2 Å². The first-order chi connectivity index (χ1) is 8.44. The molecule has 0 saturated carbocycles. The lowest BCUT2D eigenvalue weighted by molar-refractivity contribution is -0.274. The molecule has 2 aromatic carbocycles. The Hall–Kier alpha value is -1.97. The Morgan fingerprint density at radius 2 is 1.50 bits per heavy atom. The number of halogens is 3. The molecule has 0 fully saturated rings. The minimum Gasteiger partial charge on any atom is -0.406 e. The molecule has 0 aromatic heterocycles. The summed E-state index contributed by atoms with van der Waals surface area (Å²) >= 11 is 0. The van der Waals surface area contributed by atoms with Gasteiger partial charge in [0.15, 0.2) is 0 Å². The molecule has 0 heterocycles. The predicted octanol–water partition coefficient (Wildman–Crippen LogP) is 4.56. The van der Waals surface area contributed by atoms with Gasteiger partial charge in [0.05, 0.1) is 0 Å². The van der Waals surface area contributed by atoms with Crippen molar-refractivity contribution in [2.75, 3.05) is 0 Å². The summed E-state index contributed by atoms with van der Waals surface area (Å²) in [6, 6.07) is 13.5. The van der Waals surface area contributed by atoms with E-state index in [2.05, 4.69) is 4.74 Å². The second-order valence-electron chi connectivity index (χ2n) is 3.95. The normalized spacial score (nSPS) is 11.3. The smallest absolute Gasteiger partial charge is 0.406 e. The van der Waals surface area contributed by atoms with Crippen LogP contribution in [0.5, 0.6) is 5.75 Å². The minimum atomic E-state index is -4.66. The first-order valence-electron chi connectivity index (χ1n) is 5.37. The maximum absolute atomic E-state index is 12.1. The van der Waals surface area contributed by atoms with Crippen molar-refractivity contribution in [2.45, 2.75) is 13.3 Å². The summed E-state index contributed by atoms with van der Waals surface area (Å²) in [5, 5.41) is 0. The maximum atomic E-state index is 12.1. The zero-order chi connectivity index (χ0) is 13.2. The monoisotopic (exact) mass is 252 g/mol. The van der Waals surface area contributed by atoms with E-state index in [1.807, 2.05) is 31.2 Å². The van der Waals surface area contributed by atoms with E-state index in [0.717, 1.165) is 11.1 Å². The fourth-order valence-corrected chi connectivity index (χ4v) is 1.70. The van der Waals surface area contributed by atoms with Gasteiger partial charge in [-0.25, -0.2) is 0 Å². The van der Waals surface area contributed by atoms with Gasteiger partial charge in [0.25, 0.3) is 0 Å². The van der Waals surface area contributed by atoms with Gasteiger partial charge in [0, 0.05) is 0 Å². The Balaban J connectivity index is 2.33. The van der Waals surface area contributed by atoms with Gasteiger partial charge in [-0.05, 0) is 30.2 Å². The van der Waals surface area contributed by atoms with Crippen LogP contribution in [-0.4, -0.2) is 6.36 Å². The van der Waals surface area contributed by atoms with Crippen LogP contribution in [-0.2, 0) is 0 Å². The van der Waals surface area contributed by atoms with Gasteiger partial charge in [-0.2, -0.15) is 0 Å². The molecule has 0 N–H and O–H groups in total. The minimum absolute atomic E-state index is 0.207. The Bertz CT molecular complexity index is 547. The number of hydrogen-bond donors (Lipinski definition) is 0. The highest BCUT2D eigenvalue weighted by Gasteiger charge is 2.31. The zero-order valence-corrected chi connectivity index (χ0v) is 9.66. The number of aryl methyl sites for hydroxylation is 1. The van der Waals surface area contributed by atoms with Crippen molar-refractivity contribution in [1.29, 1.82) is 0 Å². The Morgan fingerprint density at radius 3 is 2.11 bits per heavy atom. The standard InChI is InChI=1S/C14H11F3O/c1-10-4-2-5-11(8-10)12-6-3-7-13(9-12)18-14(15,16)17/h2-9H,1H3. The summed E-state index contributed by atoms with van der Waals surface area (Å²) in [5.41, 5.74) is 2.61. The van der Waals surface area contributed by atoms with Crippen molar-refractivity contribution in [1.82, 2.24) is 0 Å². The second kappa shape index (κ2) is 4.72. The van der Waals surface area contributed by atoms with Crippen LogP contribution >= 0.6 is 0 Å². The van der Waals surface area contributed by atoms with E-state index >= 15 is 0 Å². The molecule has 0 aliphatic rings.